The molecule has 82 valence electrons. The summed E-state index contributed by atoms with van der Waals surface area (Å²) in [6, 6.07) is 5.88. The summed E-state index contributed by atoms with van der Waals surface area (Å²) in [5.41, 5.74) is 0.720. The molecule has 0 fully saturated rings. The van der Waals surface area contributed by atoms with Crippen LogP contribution in [0.1, 0.15) is 5.56 Å². The Morgan fingerprint density at radius 3 is 2.27 bits per heavy atom. The second-order valence-corrected chi connectivity index (χ2v) is 3.27. The van der Waals surface area contributed by atoms with Crippen molar-refractivity contribution in [3.63, 3.8) is 0 Å². The first-order valence-corrected chi connectivity index (χ1v) is 4.74. The lowest BCUT2D eigenvalue weighted by atomic mass is 10.2. The summed E-state index contributed by atoms with van der Waals surface area (Å²) >= 11 is 5.99. The second kappa shape index (κ2) is 5.85. The van der Waals surface area contributed by atoms with Gasteiger partial charge in [0.05, 0.1) is 0 Å². The van der Waals surface area contributed by atoms with Crippen molar-refractivity contribution in [2.45, 2.75) is 6.29 Å². The molecule has 0 spiro atoms. The number of methoxy groups -OCH3 is 2. The summed E-state index contributed by atoms with van der Waals surface area (Å²) in [7, 11) is 3.03. The first-order chi connectivity index (χ1) is 7.17. The van der Waals surface area contributed by atoms with E-state index in [4.69, 9.17) is 21.1 Å². The van der Waals surface area contributed by atoms with Crippen LogP contribution in [-0.2, 0) is 9.47 Å². The van der Waals surface area contributed by atoms with E-state index in [1.54, 1.807) is 18.2 Å². The molecule has 0 saturated heterocycles. The van der Waals surface area contributed by atoms with E-state index in [-0.39, 0.29) is 5.82 Å². The predicted octanol–water partition coefficient (Wildman–Crippen LogP) is 3.02. The first-order valence-electron chi connectivity index (χ1n) is 4.36. The van der Waals surface area contributed by atoms with Crippen LogP contribution < -0.4 is 0 Å². The van der Waals surface area contributed by atoms with Gasteiger partial charge in [-0.3, -0.25) is 0 Å². The zero-order valence-electron chi connectivity index (χ0n) is 8.54. The lowest BCUT2D eigenvalue weighted by Gasteiger charge is -2.09. The van der Waals surface area contributed by atoms with Crippen molar-refractivity contribution in [2.75, 3.05) is 14.2 Å². The van der Waals surface area contributed by atoms with E-state index in [0.29, 0.717) is 5.03 Å². The minimum atomic E-state index is -0.498. The average Bonchev–Trinajstić information content (AvgIpc) is 2.26. The summed E-state index contributed by atoms with van der Waals surface area (Å²) in [6.07, 6.45) is 1.11. The van der Waals surface area contributed by atoms with Crippen LogP contribution >= 0.6 is 11.6 Å². The zero-order valence-corrected chi connectivity index (χ0v) is 9.29. The van der Waals surface area contributed by atoms with E-state index in [9.17, 15) is 4.39 Å². The maximum atomic E-state index is 12.6. The molecule has 0 saturated carbocycles. The topological polar surface area (TPSA) is 18.5 Å². The van der Waals surface area contributed by atoms with E-state index < -0.39 is 6.29 Å². The fourth-order valence-corrected chi connectivity index (χ4v) is 1.29. The van der Waals surface area contributed by atoms with Crippen LogP contribution in [0.3, 0.4) is 0 Å². The summed E-state index contributed by atoms with van der Waals surface area (Å²) in [4.78, 5) is 0. The smallest absolute Gasteiger partial charge is 0.177 e. The molecule has 0 atom stereocenters. The van der Waals surface area contributed by atoms with Crippen LogP contribution in [0.25, 0.3) is 5.03 Å². The molecular formula is C11H12ClFO2. The number of halogens is 2. The van der Waals surface area contributed by atoms with Gasteiger partial charge in [0.2, 0.25) is 0 Å². The SMILES string of the molecule is COC(/C=C(\Cl)c1ccc(F)cc1)OC. The molecule has 0 unspecified atom stereocenters. The molecule has 2 nitrogen and oxygen atoms in total. The van der Waals surface area contributed by atoms with Crippen LogP contribution in [0.15, 0.2) is 30.3 Å². The lowest BCUT2D eigenvalue weighted by molar-refractivity contribution is -0.0661. The van der Waals surface area contributed by atoms with Gasteiger partial charge in [-0.05, 0) is 23.8 Å². The molecule has 0 bridgehead atoms. The van der Waals surface area contributed by atoms with Crippen LogP contribution in [0.4, 0.5) is 4.39 Å². The molecule has 1 rings (SSSR count). The van der Waals surface area contributed by atoms with Crippen molar-refractivity contribution >= 4 is 16.6 Å². The fraction of sp³-hybridized carbons (Fsp3) is 0.273. The van der Waals surface area contributed by atoms with Crippen molar-refractivity contribution in [3.8, 4) is 0 Å². The third-order valence-electron chi connectivity index (χ3n) is 1.87. The van der Waals surface area contributed by atoms with E-state index in [1.165, 1.54) is 26.4 Å². The van der Waals surface area contributed by atoms with Gasteiger partial charge in [-0.2, -0.15) is 0 Å². The Labute approximate surface area is 93.3 Å². The van der Waals surface area contributed by atoms with Gasteiger partial charge in [0, 0.05) is 19.3 Å². The highest BCUT2D eigenvalue weighted by molar-refractivity contribution is 6.48. The number of rotatable bonds is 4. The maximum Gasteiger partial charge on any atom is 0.177 e. The molecule has 4 heteroatoms. The van der Waals surface area contributed by atoms with Gasteiger partial charge in [0.1, 0.15) is 5.82 Å². The number of benzene rings is 1. The van der Waals surface area contributed by atoms with E-state index in [0.717, 1.165) is 5.56 Å². The Balaban J connectivity index is 2.83. The van der Waals surface area contributed by atoms with Crippen molar-refractivity contribution in [1.82, 2.24) is 0 Å². The number of hydrogen-bond acceptors (Lipinski definition) is 2. The molecule has 1 aromatic carbocycles. The van der Waals surface area contributed by atoms with Crippen molar-refractivity contribution in [3.05, 3.63) is 41.7 Å². The molecule has 0 aromatic heterocycles. The first kappa shape index (κ1) is 12.2. The molecule has 1 aromatic rings. The Morgan fingerprint density at radius 1 is 1.27 bits per heavy atom. The Morgan fingerprint density at radius 2 is 1.80 bits per heavy atom. The molecule has 15 heavy (non-hydrogen) atoms. The summed E-state index contributed by atoms with van der Waals surface area (Å²) in [5.74, 6) is -0.293. The van der Waals surface area contributed by atoms with Gasteiger partial charge in [0.15, 0.2) is 6.29 Å². The van der Waals surface area contributed by atoms with Gasteiger partial charge >= 0.3 is 0 Å². The Hall–Kier alpha value is -0.900. The minimum absolute atomic E-state index is 0.293. The molecule has 0 aliphatic heterocycles. The van der Waals surface area contributed by atoms with Crippen LogP contribution in [-0.4, -0.2) is 20.5 Å². The van der Waals surface area contributed by atoms with E-state index in [2.05, 4.69) is 0 Å². The standard InChI is InChI=1S/C11H12ClFO2/c1-14-11(15-2)7-10(12)8-3-5-9(13)6-4-8/h3-7,11H,1-2H3/b10-7-. The van der Waals surface area contributed by atoms with Crippen molar-refractivity contribution < 1.29 is 13.9 Å². The highest BCUT2D eigenvalue weighted by Gasteiger charge is 2.04. The number of hydrogen-bond donors (Lipinski definition) is 0. The van der Waals surface area contributed by atoms with Crippen molar-refractivity contribution in [1.29, 1.82) is 0 Å². The second-order valence-electron chi connectivity index (χ2n) is 2.86. The molecule has 0 aliphatic carbocycles. The Kier molecular flexibility index (Phi) is 4.75. The normalized spacial score (nSPS) is 12.2. The predicted molar refractivity (Wildman–Crippen MR) is 58.0 cm³/mol. The van der Waals surface area contributed by atoms with Gasteiger partial charge in [-0.15, -0.1) is 0 Å². The quantitative estimate of drug-likeness (QED) is 0.741. The summed E-state index contributed by atoms with van der Waals surface area (Å²) in [6.45, 7) is 0. The third kappa shape index (κ3) is 3.63. The molecule has 0 radical (unpaired) electrons. The van der Waals surface area contributed by atoms with Crippen LogP contribution in [0.5, 0.6) is 0 Å². The molecular weight excluding hydrogens is 219 g/mol. The maximum absolute atomic E-state index is 12.6. The monoisotopic (exact) mass is 230 g/mol. The zero-order chi connectivity index (χ0) is 11.3. The molecule has 0 aliphatic rings. The average molecular weight is 231 g/mol. The van der Waals surface area contributed by atoms with Gasteiger partial charge in [-0.1, -0.05) is 23.7 Å². The lowest BCUT2D eigenvalue weighted by Crippen LogP contribution is -2.09. The molecule has 0 N–H and O–H groups in total. The summed E-state index contributed by atoms with van der Waals surface area (Å²) < 4.78 is 22.5. The Bertz CT molecular complexity index is 331. The molecule has 0 heterocycles. The molecule has 0 amide bonds. The third-order valence-corrected chi connectivity index (χ3v) is 2.21. The minimum Gasteiger partial charge on any atom is -0.352 e. The van der Waals surface area contributed by atoms with Gasteiger partial charge in [-0.25, -0.2) is 4.39 Å². The number of ether oxygens (including phenoxy) is 2. The van der Waals surface area contributed by atoms with Crippen LogP contribution in [0.2, 0.25) is 0 Å². The van der Waals surface area contributed by atoms with E-state index >= 15 is 0 Å². The largest absolute Gasteiger partial charge is 0.352 e. The highest BCUT2D eigenvalue weighted by Crippen LogP contribution is 2.20. The fourth-order valence-electron chi connectivity index (χ4n) is 1.06. The van der Waals surface area contributed by atoms with E-state index in [1.807, 2.05) is 0 Å². The highest BCUT2D eigenvalue weighted by atomic mass is 35.5. The van der Waals surface area contributed by atoms with Gasteiger partial charge in [0.25, 0.3) is 0 Å². The van der Waals surface area contributed by atoms with Crippen molar-refractivity contribution in [2.24, 2.45) is 0 Å². The van der Waals surface area contributed by atoms with Crippen LogP contribution in [0, 0.1) is 5.82 Å². The van der Waals surface area contributed by atoms with Gasteiger partial charge < -0.3 is 9.47 Å². The summed E-state index contributed by atoms with van der Waals surface area (Å²) in [5, 5.41) is 0.462.